The van der Waals surface area contributed by atoms with Gasteiger partial charge in [-0.05, 0) is 33.6 Å². The number of carbonyl (C=O) groups is 1. The van der Waals surface area contributed by atoms with Crippen LogP contribution in [0.3, 0.4) is 0 Å². The number of aromatic nitrogens is 2. The van der Waals surface area contributed by atoms with Crippen LogP contribution in [0.4, 0.5) is 0 Å². The van der Waals surface area contributed by atoms with E-state index < -0.39 is 0 Å². The molecule has 1 atom stereocenters. The topological polar surface area (TPSA) is 65.7 Å². The quantitative estimate of drug-likeness (QED) is 0.716. The van der Waals surface area contributed by atoms with Crippen molar-refractivity contribution in [2.75, 3.05) is 39.3 Å². The molecule has 7 nitrogen and oxygen atoms in total. The molecule has 1 aromatic carbocycles. The van der Waals surface area contributed by atoms with Gasteiger partial charge in [0.25, 0.3) is 0 Å². The molecular formula is C22H31N5O2. The molecule has 2 aromatic rings. The van der Waals surface area contributed by atoms with E-state index in [1.54, 1.807) is 0 Å². The molecule has 0 spiro atoms. The summed E-state index contributed by atoms with van der Waals surface area (Å²) < 4.78 is 5.56. The van der Waals surface area contributed by atoms with Gasteiger partial charge in [0.15, 0.2) is 0 Å². The lowest BCUT2D eigenvalue weighted by molar-refractivity contribution is -0.133. The van der Waals surface area contributed by atoms with Crippen molar-refractivity contribution in [3.8, 4) is 11.4 Å². The summed E-state index contributed by atoms with van der Waals surface area (Å²) in [7, 11) is 0. The Hall–Kier alpha value is -2.25. The van der Waals surface area contributed by atoms with Gasteiger partial charge in [0.1, 0.15) is 0 Å². The van der Waals surface area contributed by atoms with E-state index in [-0.39, 0.29) is 11.9 Å². The second kappa shape index (κ2) is 8.63. The number of amides is 1. The van der Waals surface area contributed by atoms with Crippen LogP contribution in [-0.2, 0) is 4.79 Å². The minimum atomic E-state index is 0.0677. The lowest BCUT2D eigenvalue weighted by Crippen LogP contribution is -2.50. The molecule has 1 unspecified atom stereocenters. The van der Waals surface area contributed by atoms with E-state index in [0.717, 1.165) is 38.3 Å². The summed E-state index contributed by atoms with van der Waals surface area (Å²) in [5, 5.41) is 4.16. The predicted octanol–water partition coefficient (Wildman–Crippen LogP) is 2.73. The summed E-state index contributed by atoms with van der Waals surface area (Å²) >= 11 is 0. The summed E-state index contributed by atoms with van der Waals surface area (Å²) in [6, 6.07) is 8.71. The lowest BCUT2D eigenvalue weighted by atomic mass is 10.1. The molecule has 1 saturated heterocycles. The van der Waals surface area contributed by atoms with Crippen LogP contribution in [0.15, 0.2) is 28.8 Å². The number of hydrogen-bond donors (Lipinski definition) is 0. The highest BCUT2D eigenvalue weighted by atomic mass is 16.5. The number of benzene rings is 1. The van der Waals surface area contributed by atoms with E-state index in [9.17, 15) is 4.79 Å². The number of carbonyl (C=O) groups excluding carboxylic acids is 1. The molecule has 156 valence electrons. The Bertz CT molecular complexity index is 822. The molecule has 2 aliphatic rings. The van der Waals surface area contributed by atoms with Crippen LogP contribution < -0.4 is 0 Å². The first-order valence-corrected chi connectivity index (χ1v) is 10.7. The largest absolute Gasteiger partial charge is 0.339 e. The average Bonchev–Trinajstić information content (AvgIpc) is 3.44. The monoisotopic (exact) mass is 397 g/mol. The minimum Gasteiger partial charge on any atom is -0.339 e. The van der Waals surface area contributed by atoms with Crippen molar-refractivity contribution in [2.24, 2.45) is 0 Å². The number of rotatable bonds is 7. The third kappa shape index (κ3) is 4.67. The second-order valence-electron chi connectivity index (χ2n) is 8.22. The molecular weight excluding hydrogens is 366 g/mol. The van der Waals surface area contributed by atoms with Crippen molar-refractivity contribution >= 4 is 5.91 Å². The van der Waals surface area contributed by atoms with Crippen molar-refractivity contribution in [2.45, 2.75) is 45.7 Å². The molecule has 7 heteroatoms. The van der Waals surface area contributed by atoms with Crippen LogP contribution in [0, 0.1) is 6.92 Å². The third-order valence-electron chi connectivity index (χ3n) is 6.07. The van der Waals surface area contributed by atoms with E-state index in [1.807, 2.05) is 17.0 Å². The van der Waals surface area contributed by atoms with E-state index in [2.05, 4.69) is 52.8 Å². The number of hydrogen-bond acceptors (Lipinski definition) is 6. The fourth-order valence-corrected chi connectivity index (χ4v) is 4.00. The van der Waals surface area contributed by atoms with E-state index in [0.29, 0.717) is 24.3 Å². The highest BCUT2D eigenvalue weighted by Crippen LogP contribution is 2.27. The summed E-state index contributed by atoms with van der Waals surface area (Å²) in [6.45, 7) is 11.2. The molecule has 1 aliphatic carbocycles. The first kappa shape index (κ1) is 20.0. The van der Waals surface area contributed by atoms with Crippen LogP contribution in [0.1, 0.15) is 44.2 Å². The zero-order valence-corrected chi connectivity index (χ0v) is 17.7. The van der Waals surface area contributed by atoms with Gasteiger partial charge in [0.2, 0.25) is 17.6 Å². The van der Waals surface area contributed by atoms with Crippen LogP contribution in [-0.4, -0.2) is 76.1 Å². The van der Waals surface area contributed by atoms with Crippen molar-refractivity contribution in [3.05, 3.63) is 35.7 Å². The van der Waals surface area contributed by atoms with Gasteiger partial charge in [-0.15, -0.1) is 0 Å². The number of likely N-dealkylation sites (N-methyl/N-ethyl adjacent to an activating group) is 1. The second-order valence-corrected chi connectivity index (χ2v) is 8.22. The van der Waals surface area contributed by atoms with Crippen LogP contribution >= 0.6 is 0 Å². The smallest absolute Gasteiger partial charge is 0.244 e. The summed E-state index contributed by atoms with van der Waals surface area (Å²) in [5.74, 6) is 1.56. The molecule has 1 saturated carbocycles. The fourth-order valence-electron chi connectivity index (χ4n) is 4.00. The summed E-state index contributed by atoms with van der Waals surface area (Å²) in [6.07, 6.45) is 2.33. The molecule has 0 bridgehead atoms. The van der Waals surface area contributed by atoms with E-state index >= 15 is 0 Å². The SMILES string of the molecule is CCN(C(=O)CN1CCN(C(C)c2nc(-c3ccc(C)cc3)no2)CC1)C1CC1. The fraction of sp³-hybridized carbons (Fsp3) is 0.591. The Morgan fingerprint density at radius 2 is 1.90 bits per heavy atom. The van der Waals surface area contributed by atoms with Crippen molar-refractivity contribution in [3.63, 3.8) is 0 Å². The van der Waals surface area contributed by atoms with Crippen LogP contribution in [0.5, 0.6) is 0 Å². The molecule has 1 amide bonds. The molecule has 1 aliphatic heterocycles. The highest BCUT2D eigenvalue weighted by Gasteiger charge is 2.33. The van der Waals surface area contributed by atoms with Gasteiger partial charge in [-0.2, -0.15) is 4.98 Å². The Morgan fingerprint density at radius 3 is 2.52 bits per heavy atom. The Kier molecular flexibility index (Phi) is 5.96. The van der Waals surface area contributed by atoms with Gasteiger partial charge in [0, 0.05) is 44.3 Å². The summed E-state index contributed by atoms with van der Waals surface area (Å²) in [4.78, 5) is 23.8. The molecule has 2 fully saturated rings. The molecule has 1 aromatic heterocycles. The first-order chi connectivity index (χ1) is 14.0. The predicted molar refractivity (Wildman–Crippen MR) is 111 cm³/mol. The van der Waals surface area contributed by atoms with Gasteiger partial charge in [-0.25, -0.2) is 0 Å². The molecule has 0 N–H and O–H groups in total. The zero-order valence-electron chi connectivity index (χ0n) is 17.7. The van der Waals surface area contributed by atoms with Crippen molar-refractivity contribution in [1.82, 2.24) is 24.8 Å². The maximum absolute atomic E-state index is 12.6. The first-order valence-electron chi connectivity index (χ1n) is 10.7. The van der Waals surface area contributed by atoms with Gasteiger partial charge in [-0.1, -0.05) is 35.0 Å². The Morgan fingerprint density at radius 1 is 1.21 bits per heavy atom. The Balaban J connectivity index is 1.30. The van der Waals surface area contributed by atoms with Gasteiger partial charge >= 0.3 is 0 Å². The van der Waals surface area contributed by atoms with E-state index in [1.165, 1.54) is 18.4 Å². The number of aryl methyl sites for hydroxylation is 1. The number of nitrogens with zero attached hydrogens (tertiary/aromatic N) is 5. The van der Waals surface area contributed by atoms with Gasteiger partial charge in [-0.3, -0.25) is 14.6 Å². The van der Waals surface area contributed by atoms with Crippen LogP contribution in [0.25, 0.3) is 11.4 Å². The van der Waals surface area contributed by atoms with Crippen molar-refractivity contribution < 1.29 is 9.32 Å². The average molecular weight is 398 g/mol. The third-order valence-corrected chi connectivity index (χ3v) is 6.07. The van der Waals surface area contributed by atoms with E-state index in [4.69, 9.17) is 4.52 Å². The zero-order chi connectivity index (χ0) is 20.4. The molecule has 0 radical (unpaired) electrons. The standard InChI is InChI=1S/C22H31N5O2/c1-4-27(19-9-10-19)20(28)15-25-11-13-26(14-12-25)17(3)22-23-21(24-29-22)18-7-5-16(2)6-8-18/h5-8,17,19H,4,9-15H2,1-3H3. The lowest BCUT2D eigenvalue weighted by Gasteiger charge is -2.37. The van der Waals surface area contributed by atoms with Gasteiger partial charge in [0.05, 0.1) is 12.6 Å². The molecule has 29 heavy (non-hydrogen) atoms. The minimum absolute atomic E-state index is 0.0677. The van der Waals surface area contributed by atoms with Crippen molar-refractivity contribution in [1.29, 1.82) is 0 Å². The maximum Gasteiger partial charge on any atom is 0.244 e. The summed E-state index contributed by atoms with van der Waals surface area (Å²) in [5.41, 5.74) is 2.18. The Labute approximate surface area is 172 Å². The number of piperazine rings is 1. The maximum atomic E-state index is 12.6. The molecule has 2 heterocycles. The van der Waals surface area contributed by atoms with Crippen LogP contribution in [0.2, 0.25) is 0 Å². The normalized spacial score (nSPS) is 19.3. The highest BCUT2D eigenvalue weighted by molar-refractivity contribution is 5.79. The molecule has 4 rings (SSSR count). The van der Waals surface area contributed by atoms with Gasteiger partial charge < -0.3 is 9.42 Å².